The lowest BCUT2D eigenvalue weighted by molar-refractivity contribution is -0.155. The monoisotopic (exact) mass is 396 g/mol. The third-order valence-corrected chi connectivity index (χ3v) is 6.74. The number of hydrogen-bond donors (Lipinski definition) is 0. The number of carbonyl (C=O) groups is 2. The molecule has 0 radical (unpaired) electrons. The number of rotatable bonds is 6. The van der Waals surface area contributed by atoms with E-state index in [0.29, 0.717) is 12.3 Å². The standard InChI is InChI=1S/C22H24N2O3S/c1-27-19-10-6-5-9-17(19)13-23-14-20(25)24-18(22(23)26)15-28-21(24)12-11-16-7-3-2-4-8-16/h2-10,18,21H,11-15H2,1H3. The average molecular weight is 397 g/mol. The first kappa shape index (κ1) is 18.9. The summed E-state index contributed by atoms with van der Waals surface area (Å²) >= 11 is 1.72. The summed E-state index contributed by atoms with van der Waals surface area (Å²) < 4.78 is 5.39. The molecule has 0 bridgehead atoms. The highest BCUT2D eigenvalue weighted by atomic mass is 32.2. The van der Waals surface area contributed by atoms with E-state index in [1.54, 1.807) is 23.8 Å². The molecule has 2 aromatic rings. The number of carbonyl (C=O) groups excluding carboxylic acids is 2. The summed E-state index contributed by atoms with van der Waals surface area (Å²) in [5.41, 5.74) is 2.19. The summed E-state index contributed by atoms with van der Waals surface area (Å²) in [6, 6.07) is 17.6. The predicted octanol–water partition coefficient (Wildman–Crippen LogP) is 2.94. The summed E-state index contributed by atoms with van der Waals surface area (Å²) in [7, 11) is 1.62. The molecule has 2 heterocycles. The van der Waals surface area contributed by atoms with Gasteiger partial charge in [-0.1, -0.05) is 48.5 Å². The van der Waals surface area contributed by atoms with E-state index in [4.69, 9.17) is 4.74 Å². The van der Waals surface area contributed by atoms with Gasteiger partial charge in [0.05, 0.1) is 12.5 Å². The number of fused-ring (bicyclic) bond motifs is 1. The molecule has 5 nitrogen and oxygen atoms in total. The Balaban J connectivity index is 1.43. The fourth-order valence-corrected chi connectivity index (χ4v) is 5.37. The third-order valence-electron chi connectivity index (χ3n) is 5.38. The van der Waals surface area contributed by atoms with Crippen LogP contribution in [0.1, 0.15) is 17.5 Å². The summed E-state index contributed by atoms with van der Waals surface area (Å²) in [6.07, 6.45) is 1.78. The number of nitrogens with zero attached hydrogens (tertiary/aromatic N) is 2. The second-order valence-electron chi connectivity index (χ2n) is 7.14. The fourth-order valence-electron chi connectivity index (χ4n) is 3.95. The molecule has 2 aliphatic heterocycles. The van der Waals surface area contributed by atoms with E-state index < -0.39 is 0 Å². The maximum Gasteiger partial charge on any atom is 0.247 e. The van der Waals surface area contributed by atoms with Crippen LogP contribution < -0.4 is 4.74 Å². The highest BCUT2D eigenvalue weighted by molar-refractivity contribution is 8.00. The van der Waals surface area contributed by atoms with Crippen LogP contribution in [-0.2, 0) is 22.6 Å². The molecule has 4 rings (SSSR count). The normalized spacial score (nSPS) is 21.8. The summed E-state index contributed by atoms with van der Waals surface area (Å²) in [5, 5.41) is 0.0788. The Bertz CT molecular complexity index is 858. The Kier molecular flexibility index (Phi) is 5.57. The van der Waals surface area contributed by atoms with Gasteiger partial charge in [0.15, 0.2) is 0 Å². The van der Waals surface area contributed by atoms with Crippen molar-refractivity contribution in [2.45, 2.75) is 30.8 Å². The van der Waals surface area contributed by atoms with Crippen LogP contribution in [0.4, 0.5) is 0 Å². The van der Waals surface area contributed by atoms with Crippen LogP contribution in [0.25, 0.3) is 0 Å². The molecular formula is C22H24N2O3S. The second kappa shape index (κ2) is 8.27. The van der Waals surface area contributed by atoms with Gasteiger partial charge in [-0.15, -0.1) is 11.8 Å². The van der Waals surface area contributed by atoms with Crippen LogP contribution in [0.5, 0.6) is 5.75 Å². The number of ether oxygens (including phenoxy) is 1. The lowest BCUT2D eigenvalue weighted by Crippen LogP contribution is -2.59. The van der Waals surface area contributed by atoms with E-state index in [0.717, 1.165) is 24.2 Å². The number of thioether (sulfide) groups is 1. The minimum Gasteiger partial charge on any atom is -0.496 e. The topological polar surface area (TPSA) is 49.9 Å². The molecule has 2 unspecified atom stereocenters. The quantitative estimate of drug-likeness (QED) is 0.753. The molecule has 0 spiro atoms. The van der Waals surface area contributed by atoms with Gasteiger partial charge in [-0.3, -0.25) is 9.59 Å². The van der Waals surface area contributed by atoms with Crippen LogP contribution in [0.15, 0.2) is 54.6 Å². The molecule has 2 atom stereocenters. The molecule has 146 valence electrons. The summed E-state index contributed by atoms with van der Waals surface area (Å²) in [6.45, 7) is 0.536. The zero-order valence-corrected chi connectivity index (χ0v) is 16.7. The number of benzene rings is 2. The van der Waals surface area contributed by atoms with Crippen LogP contribution in [0.2, 0.25) is 0 Å². The van der Waals surface area contributed by atoms with Gasteiger partial charge in [0.1, 0.15) is 18.3 Å². The SMILES string of the molecule is COc1ccccc1CN1CC(=O)N2C(CCc3ccccc3)SCC2C1=O. The van der Waals surface area contributed by atoms with E-state index in [2.05, 4.69) is 12.1 Å². The summed E-state index contributed by atoms with van der Waals surface area (Å²) in [5.74, 6) is 1.50. The predicted molar refractivity (Wildman–Crippen MR) is 110 cm³/mol. The number of amides is 2. The molecule has 0 saturated carbocycles. The van der Waals surface area contributed by atoms with Gasteiger partial charge >= 0.3 is 0 Å². The highest BCUT2D eigenvalue weighted by Gasteiger charge is 2.47. The Hall–Kier alpha value is -2.47. The number of piperazine rings is 1. The van der Waals surface area contributed by atoms with Gasteiger partial charge < -0.3 is 14.5 Å². The van der Waals surface area contributed by atoms with Gasteiger partial charge in [0.2, 0.25) is 11.8 Å². The van der Waals surface area contributed by atoms with Gasteiger partial charge in [-0.25, -0.2) is 0 Å². The molecule has 2 aliphatic rings. The minimum absolute atomic E-state index is 0.0419. The van der Waals surface area contributed by atoms with Gasteiger partial charge in [0.25, 0.3) is 0 Å². The number of methoxy groups -OCH3 is 1. The lowest BCUT2D eigenvalue weighted by atomic mass is 10.1. The Labute approximate surface area is 169 Å². The zero-order valence-electron chi connectivity index (χ0n) is 15.9. The Morgan fingerprint density at radius 3 is 2.61 bits per heavy atom. The van der Waals surface area contributed by atoms with Crippen molar-refractivity contribution in [3.63, 3.8) is 0 Å². The van der Waals surface area contributed by atoms with Crippen molar-refractivity contribution in [2.24, 2.45) is 0 Å². The molecule has 2 fully saturated rings. The largest absolute Gasteiger partial charge is 0.496 e. The maximum absolute atomic E-state index is 13.1. The average Bonchev–Trinajstić information content (AvgIpc) is 3.16. The molecule has 0 N–H and O–H groups in total. The van der Waals surface area contributed by atoms with Crippen LogP contribution in [0.3, 0.4) is 0 Å². The van der Waals surface area contributed by atoms with Gasteiger partial charge in [-0.05, 0) is 24.5 Å². The van der Waals surface area contributed by atoms with Gasteiger partial charge in [-0.2, -0.15) is 0 Å². The van der Waals surface area contributed by atoms with E-state index in [9.17, 15) is 9.59 Å². The number of hydrogen-bond acceptors (Lipinski definition) is 4. The first-order valence-electron chi connectivity index (χ1n) is 9.54. The Morgan fingerprint density at radius 1 is 1.07 bits per heavy atom. The van der Waals surface area contributed by atoms with Crippen molar-refractivity contribution in [3.05, 3.63) is 65.7 Å². The van der Waals surface area contributed by atoms with Crippen LogP contribution >= 0.6 is 11.8 Å². The molecular weight excluding hydrogens is 372 g/mol. The molecule has 6 heteroatoms. The van der Waals surface area contributed by atoms with E-state index in [1.807, 2.05) is 47.4 Å². The molecule has 2 saturated heterocycles. The van der Waals surface area contributed by atoms with Crippen molar-refractivity contribution in [3.8, 4) is 5.75 Å². The molecule has 0 aromatic heterocycles. The van der Waals surface area contributed by atoms with E-state index >= 15 is 0 Å². The fraction of sp³-hybridized carbons (Fsp3) is 0.364. The first-order valence-corrected chi connectivity index (χ1v) is 10.6. The minimum atomic E-state index is -0.346. The van der Waals surface area contributed by atoms with Crippen LogP contribution in [-0.4, -0.2) is 52.4 Å². The maximum atomic E-state index is 13.1. The van der Waals surface area contributed by atoms with Crippen molar-refractivity contribution in [1.29, 1.82) is 0 Å². The van der Waals surface area contributed by atoms with Crippen LogP contribution in [0, 0.1) is 0 Å². The van der Waals surface area contributed by atoms with E-state index in [-0.39, 0.29) is 29.8 Å². The Morgan fingerprint density at radius 2 is 1.82 bits per heavy atom. The third kappa shape index (κ3) is 3.74. The van der Waals surface area contributed by atoms with Crippen molar-refractivity contribution < 1.29 is 14.3 Å². The molecule has 2 amide bonds. The number of para-hydroxylation sites is 1. The lowest BCUT2D eigenvalue weighted by Gasteiger charge is -2.38. The number of aryl methyl sites for hydroxylation is 1. The molecule has 28 heavy (non-hydrogen) atoms. The summed E-state index contributed by atoms with van der Waals surface area (Å²) in [4.78, 5) is 29.4. The second-order valence-corrected chi connectivity index (χ2v) is 8.35. The highest BCUT2D eigenvalue weighted by Crippen LogP contribution is 2.36. The van der Waals surface area contributed by atoms with Crippen molar-refractivity contribution in [1.82, 2.24) is 9.80 Å². The van der Waals surface area contributed by atoms with Crippen molar-refractivity contribution >= 4 is 23.6 Å². The van der Waals surface area contributed by atoms with Gasteiger partial charge in [0, 0.05) is 17.9 Å². The zero-order chi connectivity index (χ0) is 19.5. The smallest absolute Gasteiger partial charge is 0.247 e. The molecule has 0 aliphatic carbocycles. The van der Waals surface area contributed by atoms with Crippen molar-refractivity contribution in [2.75, 3.05) is 19.4 Å². The molecule has 2 aromatic carbocycles. The first-order chi connectivity index (χ1) is 13.7. The van der Waals surface area contributed by atoms with E-state index in [1.165, 1.54) is 5.56 Å².